The first kappa shape index (κ1) is 33.0. The van der Waals surface area contributed by atoms with Crippen molar-refractivity contribution in [3.8, 4) is 11.8 Å². The number of likely N-dealkylation sites (tertiary alicyclic amines) is 1. The number of carbonyl (C=O) groups excluding carboxylic acids is 1. The first-order valence-corrected chi connectivity index (χ1v) is 15.8. The molecule has 4 N–H and O–H groups in total. The molecule has 2 aromatic heterocycles. The summed E-state index contributed by atoms with van der Waals surface area (Å²) in [6.45, 7) is 12.2. The maximum Gasteiger partial charge on any atom is 0.328 e. The van der Waals surface area contributed by atoms with Crippen LogP contribution >= 0.6 is 0 Å². The van der Waals surface area contributed by atoms with Crippen LogP contribution in [0.2, 0.25) is 0 Å². The summed E-state index contributed by atoms with van der Waals surface area (Å²) in [5.41, 5.74) is 10.4. The molecule has 0 atom stereocenters. The minimum atomic E-state index is -0.438. The van der Waals surface area contributed by atoms with E-state index in [1.54, 1.807) is 7.11 Å². The Bertz CT molecular complexity index is 1700. The number of H-pyrrole nitrogens is 1. The average Bonchev–Trinajstić information content (AvgIpc) is 3.33. The molecule has 0 unspecified atom stereocenters. The number of benzene rings is 2. The number of hydrogen-bond acceptors (Lipinski definition) is 10. The lowest BCUT2D eigenvalue weighted by Crippen LogP contribution is -2.38. The fourth-order valence-corrected chi connectivity index (χ4v) is 5.65. The fraction of sp³-hybridized carbons (Fsp3) is 0.471. The molecule has 12 heteroatoms. The number of nitrogens with one attached hydrogen (secondary N) is 2. The Balaban J connectivity index is 1.13. The number of anilines is 1. The quantitative estimate of drug-likeness (QED) is 0.196. The van der Waals surface area contributed by atoms with Crippen molar-refractivity contribution in [1.29, 1.82) is 0 Å². The molecule has 246 valence electrons. The van der Waals surface area contributed by atoms with Crippen LogP contribution in [0.5, 0.6) is 11.8 Å². The second kappa shape index (κ2) is 14.3. The zero-order valence-corrected chi connectivity index (χ0v) is 27.4. The van der Waals surface area contributed by atoms with Crippen molar-refractivity contribution in [3.63, 3.8) is 0 Å². The number of aromatic amines is 1. The molecule has 46 heavy (non-hydrogen) atoms. The van der Waals surface area contributed by atoms with Crippen LogP contribution in [0.3, 0.4) is 0 Å². The van der Waals surface area contributed by atoms with Crippen LogP contribution in [0.1, 0.15) is 62.8 Å². The second-order valence-electron chi connectivity index (χ2n) is 12.7. The van der Waals surface area contributed by atoms with Gasteiger partial charge in [0.25, 0.3) is 0 Å². The number of esters is 1. The molecule has 1 fully saturated rings. The molecule has 4 aromatic rings. The van der Waals surface area contributed by atoms with Crippen LogP contribution in [-0.4, -0.2) is 62.8 Å². The number of nitrogens with zero attached hydrogens (tertiary/aromatic N) is 4. The predicted molar refractivity (Wildman–Crippen MR) is 177 cm³/mol. The molecular formula is C34H45N7O5. The predicted octanol–water partition coefficient (Wildman–Crippen LogP) is 4.00. The number of methoxy groups -OCH3 is 1. The number of ether oxygens (including phenoxy) is 3. The number of imidazole rings is 1. The summed E-state index contributed by atoms with van der Waals surface area (Å²) in [5, 5.41) is 3.51. The van der Waals surface area contributed by atoms with Crippen molar-refractivity contribution < 1.29 is 19.0 Å². The first-order chi connectivity index (χ1) is 22.0. The van der Waals surface area contributed by atoms with Gasteiger partial charge < -0.3 is 30.2 Å². The van der Waals surface area contributed by atoms with E-state index in [2.05, 4.69) is 49.4 Å². The SMILES string of the molecule is CCOc1nc(N)c2[nH]c(=O)n(Cc3ccc(CNCc4ccc(CN5CCC(C(=O)OC(C)(C)C)CC5)cc4)cc3OC)c2n1. The van der Waals surface area contributed by atoms with E-state index in [1.165, 1.54) is 15.7 Å². The van der Waals surface area contributed by atoms with E-state index in [4.69, 9.17) is 19.9 Å². The number of fused-ring (bicyclic) bond motifs is 1. The largest absolute Gasteiger partial charge is 0.496 e. The van der Waals surface area contributed by atoms with Gasteiger partial charge in [0.15, 0.2) is 11.5 Å². The number of carbonyl (C=O) groups is 1. The van der Waals surface area contributed by atoms with Gasteiger partial charge in [0, 0.05) is 25.2 Å². The van der Waals surface area contributed by atoms with Crippen LogP contribution in [0.15, 0.2) is 47.3 Å². The molecule has 12 nitrogen and oxygen atoms in total. The summed E-state index contributed by atoms with van der Waals surface area (Å²) in [6.07, 6.45) is 1.67. The Morgan fingerprint density at radius 2 is 1.70 bits per heavy atom. The van der Waals surface area contributed by atoms with Gasteiger partial charge in [-0.25, -0.2) is 4.79 Å². The lowest BCUT2D eigenvalue weighted by molar-refractivity contribution is -0.161. The summed E-state index contributed by atoms with van der Waals surface area (Å²) < 4.78 is 18.2. The first-order valence-electron chi connectivity index (χ1n) is 15.8. The van der Waals surface area contributed by atoms with E-state index in [9.17, 15) is 9.59 Å². The smallest absolute Gasteiger partial charge is 0.328 e. The van der Waals surface area contributed by atoms with Gasteiger partial charge in [0.2, 0.25) is 0 Å². The van der Waals surface area contributed by atoms with Gasteiger partial charge >= 0.3 is 17.7 Å². The molecule has 0 radical (unpaired) electrons. The molecule has 5 rings (SSSR count). The van der Waals surface area contributed by atoms with Crippen molar-refractivity contribution in [2.24, 2.45) is 5.92 Å². The Labute approximate surface area is 269 Å². The van der Waals surface area contributed by atoms with E-state index >= 15 is 0 Å². The maximum absolute atomic E-state index is 12.8. The summed E-state index contributed by atoms with van der Waals surface area (Å²) >= 11 is 0. The summed E-state index contributed by atoms with van der Waals surface area (Å²) in [7, 11) is 1.62. The monoisotopic (exact) mass is 631 g/mol. The molecule has 1 saturated heterocycles. The Kier molecular flexibility index (Phi) is 10.3. The topological polar surface area (TPSA) is 150 Å². The number of hydrogen-bond donors (Lipinski definition) is 3. The van der Waals surface area contributed by atoms with Crippen LogP contribution in [0.4, 0.5) is 5.82 Å². The number of aromatic nitrogens is 4. The van der Waals surface area contributed by atoms with E-state index < -0.39 is 5.60 Å². The number of nitrogen functional groups attached to an aromatic ring is 1. The van der Waals surface area contributed by atoms with E-state index in [0.29, 0.717) is 30.1 Å². The van der Waals surface area contributed by atoms with Crippen molar-refractivity contribution in [1.82, 2.24) is 29.7 Å². The minimum Gasteiger partial charge on any atom is -0.496 e. The Hall–Kier alpha value is -4.42. The van der Waals surface area contributed by atoms with Gasteiger partial charge in [-0.3, -0.25) is 14.3 Å². The highest BCUT2D eigenvalue weighted by Crippen LogP contribution is 2.25. The highest BCUT2D eigenvalue weighted by Gasteiger charge is 2.29. The van der Waals surface area contributed by atoms with Crippen LogP contribution in [0.25, 0.3) is 11.2 Å². The Morgan fingerprint density at radius 3 is 2.37 bits per heavy atom. The molecule has 1 aliphatic heterocycles. The van der Waals surface area contributed by atoms with Crippen LogP contribution in [0, 0.1) is 5.92 Å². The van der Waals surface area contributed by atoms with Crippen molar-refractivity contribution in [2.75, 3.05) is 32.5 Å². The highest BCUT2D eigenvalue weighted by molar-refractivity contribution is 5.82. The lowest BCUT2D eigenvalue weighted by atomic mass is 9.96. The van der Waals surface area contributed by atoms with Gasteiger partial charge in [0.1, 0.15) is 16.9 Å². The third-order valence-electron chi connectivity index (χ3n) is 8.00. The molecule has 3 heterocycles. The summed E-state index contributed by atoms with van der Waals surface area (Å²) in [6, 6.07) is 14.8. The maximum atomic E-state index is 12.8. The molecule has 0 bridgehead atoms. The van der Waals surface area contributed by atoms with Gasteiger partial charge in [-0.2, -0.15) is 9.97 Å². The van der Waals surface area contributed by atoms with Crippen LogP contribution in [-0.2, 0) is 35.7 Å². The molecule has 1 aliphatic rings. The van der Waals surface area contributed by atoms with Gasteiger partial charge in [-0.15, -0.1) is 0 Å². The molecule has 0 aliphatic carbocycles. The van der Waals surface area contributed by atoms with Gasteiger partial charge in [-0.1, -0.05) is 36.4 Å². The van der Waals surface area contributed by atoms with Gasteiger partial charge in [0.05, 0.1) is 26.2 Å². The van der Waals surface area contributed by atoms with Crippen molar-refractivity contribution >= 4 is 23.0 Å². The number of nitrogens with two attached hydrogens (primary N) is 1. The van der Waals surface area contributed by atoms with Crippen molar-refractivity contribution in [3.05, 3.63) is 75.2 Å². The van der Waals surface area contributed by atoms with Gasteiger partial charge in [-0.05, 0) is 76.4 Å². The molecule has 0 spiro atoms. The molecular weight excluding hydrogens is 586 g/mol. The second-order valence-corrected chi connectivity index (χ2v) is 12.7. The minimum absolute atomic E-state index is 0.00602. The summed E-state index contributed by atoms with van der Waals surface area (Å²) in [5.74, 6) is 0.753. The zero-order valence-electron chi connectivity index (χ0n) is 27.4. The zero-order chi connectivity index (χ0) is 32.8. The molecule has 0 amide bonds. The highest BCUT2D eigenvalue weighted by atomic mass is 16.6. The lowest BCUT2D eigenvalue weighted by Gasteiger charge is -2.32. The summed E-state index contributed by atoms with van der Waals surface area (Å²) in [4.78, 5) is 38.8. The third-order valence-corrected chi connectivity index (χ3v) is 8.00. The normalized spacial score (nSPS) is 14.5. The molecule has 0 saturated carbocycles. The van der Waals surface area contributed by atoms with Crippen LogP contribution < -0.4 is 26.2 Å². The Morgan fingerprint density at radius 1 is 1.02 bits per heavy atom. The molecule has 2 aromatic carbocycles. The van der Waals surface area contributed by atoms with Crippen molar-refractivity contribution in [2.45, 2.75) is 72.3 Å². The van der Waals surface area contributed by atoms with E-state index in [0.717, 1.165) is 50.1 Å². The standard InChI is InChI=1S/C34H45N7O5/c1-6-45-32-38-29(35)28-30(39-32)41(33(43)37-28)21-26-12-11-24(17-27(26)44-5)19-36-18-22-7-9-23(10-8-22)20-40-15-13-25(14-16-40)31(42)46-34(2,3)4/h7-12,17,25,36H,6,13-16,18-21H2,1-5H3,(H,37,43)(H2,35,38,39). The number of piperidine rings is 1. The van der Waals surface area contributed by atoms with E-state index in [-0.39, 0.29) is 36.0 Å². The average molecular weight is 632 g/mol. The van der Waals surface area contributed by atoms with E-state index in [1.807, 2.05) is 45.9 Å². The number of rotatable bonds is 12. The fourth-order valence-electron chi connectivity index (χ4n) is 5.65. The third kappa shape index (κ3) is 8.24.